The molecule has 0 bridgehead atoms. The highest BCUT2D eigenvalue weighted by Crippen LogP contribution is 2.20. The number of hydrogen-bond donors (Lipinski definition) is 1. The van der Waals surface area contributed by atoms with Crippen LogP contribution < -0.4 is 10.5 Å². The first kappa shape index (κ1) is 14.1. The zero-order chi connectivity index (χ0) is 13.7. The van der Waals surface area contributed by atoms with Crippen molar-refractivity contribution in [1.29, 1.82) is 0 Å². The fourth-order valence-electron chi connectivity index (χ4n) is 2.10. The number of rotatable bonds is 4. The van der Waals surface area contributed by atoms with E-state index >= 15 is 0 Å². The minimum Gasteiger partial charge on any atom is -0.491 e. The first-order chi connectivity index (χ1) is 9.18. The van der Waals surface area contributed by atoms with Crippen LogP contribution in [0, 0.1) is 0 Å². The molecule has 104 valence electrons. The van der Waals surface area contributed by atoms with Crippen molar-refractivity contribution >= 4 is 23.4 Å². The van der Waals surface area contributed by atoms with Gasteiger partial charge in [-0.25, -0.2) is 0 Å². The highest BCUT2D eigenvalue weighted by molar-refractivity contribution is 7.99. The van der Waals surface area contributed by atoms with Gasteiger partial charge in [0, 0.05) is 24.1 Å². The van der Waals surface area contributed by atoms with Crippen LogP contribution in [-0.4, -0.2) is 41.5 Å². The molecule has 4 nitrogen and oxygen atoms in total. The van der Waals surface area contributed by atoms with Gasteiger partial charge in [-0.15, -0.1) is 0 Å². The topological polar surface area (TPSA) is 55.6 Å². The summed E-state index contributed by atoms with van der Waals surface area (Å²) in [5, 5.41) is 0. The summed E-state index contributed by atoms with van der Waals surface area (Å²) in [6.45, 7) is 3.32. The van der Waals surface area contributed by atoms with Crippen LogP contribution in [0.4, 0.5) is 5.69 Å². The van der Waals surface area contributed by atoms with E-state index in [-0.39, 0.29) is 5.91 Å². The molecular weight excluding hydrogens is 260 g/mol. The number of nitrogens with zero attached hydrogens (tertiary/aromatic N) is 1. The third kappa shape index (κ3) is 3.80. The van der Waals surface area contributed by atoms with Crippen LogP contribution in [-0.2, 0) is 4.79 Å². The van der Waals surface area contributed by atoms with Crippen molar-refractivity contribution in [3.8, 4) is 5.75 Å². The van der Waals surface area contributed by atoms with Crippen LogP contribution in [0.5, 0.6) is 5.75 Å². The number of anilines is 1. The average molecular weight is 280 g/mol. The summed E-state index contributed by atoms with van der Waals surface area (Å²) >= 11 is 1.91. The largest absolute Gasteiger partial charge is 0.491 e. The molecule has 1 heterocycles. The van der Waals surface area contributed by atoms with E-state index in [4.69, 9.17) is 10.5 Å². The molecule has 1 unspecified atom stereocenters. The Morgan fingerprint density at radius 1 is 1.53 bits per heavy atom. The molecule has 0 saturated carbocycles. The minimum atomic E-state index is 0.169. The van der Waals surface area contributed by atoms with E-state index in [9.17, 15) is 4.79 Å². The van der Waals surface area contributed by atoms with Gasteiger partial charge in [0.05, 0.1) is 18.7 Å². The van der Waals surface area contributed by atoms with Gasteiger partial charge in [-0.1, -0.05) is 12.1 Å². The number of amides is 1. The first-order valence-electron chi connectivity index (χ1n) is 6.53. The molecule has 1 aromatic rings. The van der Waals surface area contributed by atoms with Gasteiger partial charge in [-0.05, 0) is 19.1 Å². The van der Waals surface area contributed by atoms with Crippen LogP contribution in [0.2, 0.25) is 0 Å². The Bertz CT molecular complexity index is 439. The second-order valence-corrected chi connectivity index (χ2v) is 5.80. The van der Waals surface area contributed by atoms with Gasteiger partial charge in [0.1, 0.15) is 5.75 Å². The summed E-state index contributed by atoms with van der Waals surface area (Å²) in [5.74, 6) is 2.88. The number of nitrogens with two attached hydrogens (primary N) is 1. The van der Waals surface area contributed by atoms with Crippen molar-refractivity contribution in [2.45, 2.75) is 19.4 Å². The standard InChI is InChI=1S/C14H20N2O2S/c1-11-10-19-9-7-16(11)14(17)6-8-18-13-5-3-2-4-12(13)15/h2-5,11H,6-10,15H2,1H3. The molecule has 19 heavy (non-hydrogen) atoms. The zero-order valence-electron chi connectivity index (χ0n) is 11.2. The summed E-state index contributed by atoms with van der Waals surface area (Å²) in [7, 11) is 0. The van der Waals surface area contributed by atoms with Crippen LogP contribution >= 0.6 is 11.8 Å². The summed E-state index contributed by atoms with van der Waals surface area (Å²) in [6.07, 6.45) is 0.406. The lowest BCUT2D eigenvalue weighted by atomic mass is 10.2. The van der Waals surface area contributed by atoms with E-state index in [2.05, 4.69) is 6.92 Å². The van der Waals surface area contributed by atoms with Gasteiger partial charge < -0.3 is 15.4 Å². The maximum absolute atomic E-state index is 12.1. The molecule has 0 aliphatic carbocycles. The molecule has 5 heteroatoms. The van der Waals surface area contributed by atoms with E-state index in [0.29, 0.717) is 30.5 Å². The Labute approximate surface area is 118 Å². The fourth-order valence-corrected chi connectivity index (χ4v) is 3.12. The Morgan fingerprint density at radius 3 is 3.05 bits per heavy atom. The molecular formula is C14H20N2O2S. The number of benzene rings is 1. The van der Waals surface area contributed by atoms with Gasteiger partial charge in [-0.2, -0.15) is 11.8 Å². The quantitative estimate of drug-likeness (QED) is 0.857. The van der Waals surface area contributed by atoms with Crippen LogP contribution in [0.1, 0.15) is 13.3 Å². The highest BCUT2D eigenvalue weighted by Gasteiger charge is 2.23. The van der Waals surface area contributed by atoms with E-state index in [1.807, 2.05) is 34.9 Å². The first-order valence-corrected chi connectivity index (χ1v) is 7.68. The minimum absolute atomic E-state index is 0.169. The molecule has 0 spiro atoms. The van der Waals surface area contributed by atoms with Crippen LogP contribution in [0.25, 0.3) is 0 Å². The lowest BCUT2D eigenvalue weighted by molar-refractivity contribution is -0.133. The predicted octanol–water partition coefficient (Wildman–Crippen LogP) is 2.00. The van der Waals surface area contributed by atoms with Crippen molar-refractivity contribution in [1.82, 2.24) is 4.90 Å². The summed E-state index contributed by atoms with van der Waals surface area (Å²) in [6, 6.07) is 7.67. The maximum atomic E-state index is 12.1. The third-order valence-corrected chi connectivity index (χ3v) is 4.37. The Hall–Kier alpha value is -1.36. The van der Waals surface area contributed by atoms with Crippen molar-refractivity contribution in [2.24, 2.45) is 0 Å². The Kier molecular flexibility index (Phi) is 4.96. The third-order valence-electron chi connectivity index (χ3n) is 3.18. The lowest BCUT2D eigenvalue weighted by Gasteiger charge is -2.33. The normalized spacial score (nSPS) is 19.2. The van der Waals surface area contributed by atoms with Gasteiger partial charge in [0.25, 0.3) is 0 Å². The Balaban J connectivity index is 1.79. The fraction of sp³-hybridized carbons (Fsp3) is 0.500. The molecule has 0 aromatic heterocycles. The van der Waals surface area contributed by atoms with Crippen molar-refractivity contribution in [2.75, 3.05) is 30.4 Å². The molecule has 0 radical (unpaired) electrons. The molecule has 1 saturated heterocycles. The summed E-state index contributed by atoms with van der Waals surface area (Å²) in [5.41, 5.74) is 6.39. The lowest BCUT2D eigenvalue weighted by Crippen LogP contribution is -2.44. The van der Waals surface area contributed by atoms with E-state index in [0.717, 1.165) is 18.1 Å². The van der Waals surface area contributed by atoms with E-state index in [1.54, 1.807) is 6.07 Å². The summed E-state index contributed by atoms with van der Waals surface area (Å²) in [4.78, 5) is 14.0. The number of ether oxygens (including phenoxy) is 1. The van der Waals surface area contributed by atoms with Crippen molar-refractivity contribution in [3.63, 3.8) is 0 Å². The van der Waals surface area contributed by atoms with Gasteiger partial charge in [-0.3, -0.25) is 4.79 Å². The molecule has 1 aromatic carbocycles. The second kappa shape index (κ2) is 6.70. The summed E-state index contributed by atoms with van der Waals surface area (Å²) < 4.78 is 5.56. The molecule has 1 aliphatic heterocycles. The molecule has 2 rings (SSSR count). The van der Waals surface area contributed by atoms with Crippen molar-refractivity contribution in [3.05, 3.63) is 24.3 Å². The SMILES string of the molecule is CC1CSCCN1C(=O)CCOc1ccccc1N. The number of hydrogen-bond acceptors (Lipinski definition) is 4. The van der Waals surface area contributed by atoms with Gasteiger partial charge in [0.15, 0.2) is 0 Å². The molecule has 1 aliphatic rings. The van der Waals surface area contributed by atoms with E-state index < -0.39 is 0 Å². The number of carbonyl (C=O) groups is 1. The highest BCUT2D eigenvalue weighted by atomic mass is 32.2. The number of carbonyl (C=O) groups excluding carboxylic acids is 1. The van der Waals surface area contributed by atoms with Crippen LogP contribution in [0.15, 0.2) is 24.3 Å². The predicted molar refractivity (Wildman–Crippen MR) is 79.5 cm³/mol. The molecule has 1 fully saturated rings. The second-order valence-electron chi connectivity index (χ2n) is 4.65. The molecule has 1 amide bonds. The van der Waals surface area contributed by atoms with Crippen molar-refractivity contribution < 1.29 is 9.53 Å². The van der Waals surface area contributed by atoms with Gasteiger partial charge >= 0.3 is 0 Å². The smallest absolute Gasteiger partial charge is 0.226 e. The number of thioether (sulfide) groups is 1. The number of para-hydroxylation sites is 2. The number of nitrogen functional groups attached to an aromatic ring is 1. The van der Waals surface area contributed by atoms with Crippen LogP contribution in [0.3, 0.4) is 0 Å². The molecule has 1 atom stereocenters. The Morgan fingerprint density at radius 2 is 2.32 bits per heavy atom. The monoisotopic (exact) mass is 280 g/mol. The molecule has 2 N–H and O–H groups in total. The maximum Gasteiger partial charge on any atom is 0.226 e. The zero-order valence-corrected chi connectivity index (χ0v) is 12.0. The average Bonchev–Trinajstić information content (AvgIpc) is 2.41. The van der Waals surface area contributed by atoms with Gasteiger partial charge in [0.2, 0.25) is 5.91 Å². The van der Waals surface area contributed by atoms with E-state index in [1.165, 1.54) is 0 Å².